The summed E-state index contributed by atoms with van der Waals surface area (Å²) in [7, 11) is 0. The number of nitrogens with zero attached hydrogens (tertiary/aromatic N) is 1. The maximum atomic E-state index is 10.0. The van der Waals surface area contributed by atoms with Crippen LogP contribution in [0.3, 0.4) is 0 Å². The number of hydrogen-bond acceptors (Lipinski definition) is 3. The van der Waals surface area contributed by atoms with Crippen molar-refractivity contribution in [1.82, 2.24) is 4.98 Å². The number of carbonyl (C=O) groups is 1. The van der Waals surface area contributed by atoms with E-state index in [4.69, 9.17) is 0 Å². The molecule has 0 aliphatic heterocycles. The summed E-state index contributed by atoms with van der Waals surface area (Å²) in [5.41, 5.74) is 1.14. The summed E-state index contributed by atoms with van der Waals surface area (Å²) in [6.07, 6.45) is 3.17. The lowest BCUT2D eigenvalue weighted by Gasteiger charge is -1.87. The molecule has 1 aliphatic rings. The third-order valence-electron chi connectivity index (χ3n) is 1.70. The van der Waals surface area contributed by atoms with Crippen molar-refractivity contribution in [3.05, 3.63) is 11.1 Å². The van der Waals surface area contributed by atoms with Gasteiger partial charge in [0.05, 0.1) is 5.69 Å². The Morgan fingerprint density at radius 2 is 2.55 bits per heavy atom. The van der Waals surface area contributed by atoms with Gasteiger partial charge >= 0.3 is 0 Å². The molecule has 0 bridgehead atoms. The van der Waals surface area contributed by atoms with Gasteiger partial charge < -0.3 is 5.32 Å². The van der Waals surface area contributed by atoms with E-state index in [1.165, 1.54) is 24.2 Å². The normalized spacial score (nSPS) is 16.4. The maximum absolute atomic E-state index is 10.0. The average molecular weight is 168 g/mol. The zero-order valence-electron chi connectivity index (χ0n) is 5.91. The second kappa shape index (κ2) is 2.62. The number of aromatic nitrogens is 1. The minimum absolute atomic E-state index is 0.662. The second-order valence-electron chi connectivity index (χ2n) is 2.61. The Hall–Kier alpha value is -0.900. The first kappa shape index (κ1) is 6.79. The molecule has 58 valence electrons. The molecule has 1 saturated carbocycles. The fourth-order valence-corrected chi connectivity index (χ4v) is 1.72. The molecular formula is C7H8N2OS. The summed E-state index contributed by atoms with van der Waals surface area (Å²) in [6, 6.07) is 0. The number of rotatable bonds is 3. The minimum atomic E-state index is 0.662. The van der Waals surface area contributed by atoms with Crippen LogP contribution < -0.4 is 5.32 Å². The van der Waals surface area contributed by atoms with Gasteiger partial charge in [0.1, 0.15) is 0 Å². The van der Waals surface area contributed by atoms with Crippen molar-refractivity contribution in [2.24, 2.45) is 0 Å². The molecule has 1 N–H and O–H groups in total. The molecular weight excluding hydrogens is 160 g/mol. The van der Waals surface area contributed by atoms with Crippen LogP contribution >= 0.6 is 11.3 Å². The van der Waals surface area contributed by atoms with E-state index < -0.39 is 0 Å². The number of amides is 1. The molecule has 1 fully saturated rings. The first-order valence-electron chi connectivity index (χ1n) is 3.56. The summed E-state index contributed by atoms with van der Waals surface area (Å²) in [4.78, 5) is 14.3. The lowest BCUT2D eigenvalue weighted by molar-refractivity contribution is -0.105. The standard InChI is InChI=1S/C7H8N2OS/c10-4-8-7-9-6(3-11-7)5-1-2-5/h3-5H,1-2H2,(H,8,9,10). The van der Waals surface area contributed by atoms with Crippen LogP contribution in [0.1, 0.15) is 24.5 Å². The van der Waals surface area contributed by atoms with Crippen molar-refractivity contribution in [2.45, 2.75) is 18.8 Å². The molecule has 0 aromatic carbocycles. The summed E-state index contributed by atoms with van der Waals surface area (Å²) in [5, 5.41) is 5.26. The highest BCUT2D eigenvalue weighted by atomic mass is 32.1. The summed E-state index contributed by atoms with van der Waals surface area (Å²) >= 11 is 1.49. The zero-order valence-corrected chi connectivity index (χ0v) is 6.73. The van der Waals surface area contributed by atoms with Gasteiger partial charge in [0.2, 0.25) is 6.41 Å². The van der Waals surface area contributed by atoms with Gasteiger partial charge in [0.25, 0.3) is 0 Å². The second-order valence-corrected chi connectivity index (χ2v) is 3.47. The molecule has 1 aromatic heterocycles. The third-order valence-corrected chi connectivity index (χ3v) is 2.49. The number of nitrogens with one attached hydrogen (secondary N) is 1. The molecule has 0 saturated heterocycles. The predicted molar refractivity (Wildman–Crippen MR) is 43.8 cm³/mol. The number of anilines is 1. The molecule has 0 radical (unpaired) electrons. The van der Waals surface area contributed by atoms with Crippen LogP contribution in [-0.2, 0) is 4.79 Å². The topological polar surface area (TPSA) is 42.0 Å². The quantitative estimate of drug-likeness (QED) is 0.696. The van der Waals surface area contributed by atoms with Crippen LogP contribution in [0.5, 0.6) is 0 Å². The predicted octanol–water partition coefficient (Wildman–Crippen LogP) is 1.59. The molecule has 4 heteroatoms. The maximum Gasteiger partial charge on any atom is 0.213 e. The Morgan fingerprint density at radius 1 is 1.73 bits per heavy atom. The van der Waals surface area contributed by atoms with E-state index in [2.05, 4.69) is 10.3 Å². The van der Waals surface area contributed by atoms with E-state index >= 15 is 0 Å². The molecule has 2 rings (SSSR count). The number of thiazole rings is 1. The monoisotopic (exact) mass is 168 g/mol. The SMILES string of the molecule is O=CNc1nc(C2CC2)cs1. The van der Waals surface area contributed by atoms with Gasteiger partial charge in [-0.05, 0) is 12.8 Å². The van der Waals surface area contributed by atoms with E-state index in [0.717, 1.165) is 5.69 Å². The Bertz CT molecular complexity index is 267. The van der Waals surface area contributed by atoms with Gasteiger partial charge in [-0.2, -0.15) is 0 Å². The van der Waals surface area contributed by atoms with Crippen LogP contribution in [0.2, 0.25) is 0 Å². The Morgan fingerprint density at radius 3 is 3.18 bits per heavy atom. The highest BCUT2D eigenvalue weighted by Crippen LogP contribution is 2.40. The minimum Gasteiger partial charge on any atom is -0.305 e. The molecule has 0 unspecified atom stereocenters. The van der Waals surface area contributed by atoms with Gasteiger partial charge in [-0.3, -0.25) is 4.79 Å². The average Bonchev–Trinajstić information content (AvgIpc) is 2.75. The Labute approximate surface area is 68.5 Å². The fraction of sp³-hybridized carbons (Fsp3) is 0.429. The third kappa shape index (κ3) is 1.40. The van der Waals surface area contributed by atoms with Crippen molar-refractivity contribution in [2.75, 3.05) is 5.32 Å². The van der Waals surface area contributed by atoms with Crippen LogP contribution in [0.25, 0.3) is 0 Å². The summed E-state index contributed by atoms with van der Waals surface area (Å²) in [6.45, 7) is 0. The van der Waals surface area contributed by atoms with Gasteiger partial charge in [-0.1, -0.05) is 0 Å². The molecule has 11 heavy (non-hydrogen) atoms. The van der Waals surface area contributed by atoms with Gasteiger partial charge in [-0.15, -0.1) is 11.3 Å². The van der Waals surface area contributed by atoms with Crippen LogP contribution in [0.15, 0.2) is 5.38 Å². The van der Waals surface area contributed by atoms with Crippen molar-refractivity contribution in [1.29, 1.82) is 0 Å². The van der Waals surface area contributed by atoms with Crippen molar-refractivity contribution < 1.29 is 4.79 Å². The lowest BCUT2D eigenvalue weighted by Crippen LogP contribution is -1.92. The fourth-order valence-electron chi connectivity index (χ4n) is 0.969. The highest BCUT2D eigenvalue weighted by Gasteiger charge is 2.25. The van der Waals surface area contributed by atoms with E-state index in [0.29, 0.717) is 17.5 Å². The zero-order chi connectivity index (χ0) is 7.68. The highest BCUT2D eigenvalue weighted by molar-refractivity contribution is 7.13. The Balaban J connectivity index is 2.11. The Kier molecular flexibility index (Phi) is 1.62. The van der Waals surface area contributed by atoms with Gasteiger partial charge in [0, 0.05) is 11.3 Å². The van der Waals surface area contributed by atoms with Crippen LogP contribution in [0, 0.1) is 0 Å². The largest absolute Gasteiger partial charge is 0.305 e. The first-order chi connectivity index (χ1) is 5.40. The van der Waals surface area contributed by atoms with Gasteiger partial charge in [-0.25, -0.2) is 4.98 Å². The van der Waals surface area contributed by atoms with Gasteiger partial charge in [0.15, 0.2) is 5.13 Å². The summed E-state index contributed by atoms with van der Waals surface area (Å²) in [5.74, 6) is 0.674. The van der Waals surface area contributed by atoms with Crippen molar-refractivity contribution in [3.8, 4) is 0 Å². The molecule has 3 nitrogen and oxygen atoms in total. The van der Waals surface area contributed by atoms with Crippen molar-refractivity contribution in [3.63, 3.8) is 0 Å². The number of hydrogen-bond donors (Lipinski definition) is 1. The van der Waals surface area contributed by atoms with Crippen molar-refractivity contribution >= 4 is 22.9 Å². The molecule has 0 spiro atoms. The molecule has 0 atom stereocenters. The van der Waals surface area contributed by atoms with Crippen LogP contribution in [-0.4, -0.2) is 11.4 Å². The molecule has 1 amide bonds. The van der Waals surface area contributed by atoms with E-state index in [9.17, 15) is 4.79 Å². The lowest BCUT2D eigenvalue weighted by atomic mass is 10.3. The summed E-state index contributed by atoms with van der Waals surface area (Å²) < 4.78 is 0. The first-order valence-corrected chi connectivity index (χ1v) is 4.43. The van der Waals surface area contributed by atoms with Crippen LogP contribution in [0.4, 0.5) is 5.13 Å². The molecule has 1 aromatic rings. The molecule has 1 aliphatic carbocycles. The number of carbonyl (C=O) groups excluding carboxylic acids is 1. The van der Waals surface area contributed by atoms with E-state index in [1.807, 2.05) is 5.38 Å². The van der Waals surface area contributed by atoms with E-state index in [1.54, 1.807) is 0 Å². The molecule has 1 heterocycles. The smallest absolute Gasteiger partial charge is 0.213 e. The van der Waals surface area contributed by atoms with E-state index in [-0.39, 0.29) is 0 Å².